The molecule has 2 aromatic carbocycles. The van der Waals surface area contributed by atoms with E-state index >= 15 is 0 Å². The summed E-state index contributed by atoms with van der Waals surface area (Å²) in [6.45, 7) is 1.96. The first-order valence-electron chi connectivity index (χ1n) is 8.54. The molecule has 3 aromatic rings. The van der Waals surface area contributed by atoms with Crippen molar-refractivity contribution in [1.82, 2.24) is 15.3 Å². The van der Waals surface area contributed by atoms with Gasteiger partial charge in [-0.25, -0.2) is 4.98 Å². The fraction of sp³-hybridized carbons (Fsp3) is 0.300. The van der Waals surface area contributed by atoms with Gasteiger partial charge in [0, 0.05) is 0 Å². The van der Waals surface area contributed by atoms with Crippen molar-refractivity contribution in [2.75, 3.05) is 0 Å². The van der Waals surface area contributed by atoms with Crippen molar-refractivity contribution in [2.45, 2.75) is 38.6 Å². The lowest BCUT2D eigenvalue weighted by atomic mass is 10.0. The third-order valence-electron chi connectivity index (χ3n) is 4.72. The van der Waals surface area contributed by atoms with Crippen LogP contribution in [0.25, 0.3) is 11.0 Å². The van der Waals surface area contributed by atoms with Crippen molar-refractivity contribution in [2.24, 2.45) is 0 Å². The van der Waals surface area contributed by atoms with Gasteiger partial charge in [-0.05, 0) is 55.0 Å². The van der Waals surface area contributed by atoms with Crippen LogP contribution in [-0.2, 0) is 24.1 Å². The van der Waals surface area contributed by atoms with Crippen LogP contribution in [0.1, 0.15) is 41.9 Å². The van der Waals surface area contributed by atoms with Crippen molar-refractivity contribution in [3.63, 3.8) is 0 Å². The number of rotatable bonds is 4. The molecular weight excluding hydrogens is 298 g/mol. The number of fused-ring (bicyclic) bond motifs is 2. The van der Waals surface area contributed by atoms with Gasteiger partial charge in [-0.15, -0.1) is 0 Å². The first-order valence-corrected chi connectivity index (χ1v) is 8.54. The molecule has 4 nitrogen and oxygen atoms in total. The maximum absolute atomic E-state index is 12.4. The van der Waals surface area contributed by atoms with Crippen LogP contribution in [0.5, 0.6) is 0 Å². The zero-order valence-electron chi connectivity index (χ0n) is 13.8. The van der Waals surface area contributed by atoms with E-state index in [9.17, 15) is 4.79 Å². The maximum atomic E-state index is 12.4. The SMILES string of the molecule is C[C@@H](NC(=O)Cc1ccc2c(c1)CCC2)c1nc2ccccc2[nH]1. The van der Waals surface area contributed by atoms with E-state index in [1.54, 1.807) is 0 Å². The van der Waals surface area contributed by atoms with E-state index in [0.29, 0.717) is 6.42 Å². The van der Waals surface area contributed by atoms with Gasteiger partial charge < -0.3 is 10.3 Å². The van der Waals surface area contributed by atoms with Gasteiger partial charge in [0.15, 0.2) is 0 Å². The number of aromatic amines is 1. The number of imidazole rings is 1. The number of benzene rings is 2. The molecule has 1 aliphatic carbocycles. The van der Waals surface area contributed by atoms with Crippen LogP contribution < -0.4 is 5.32 Å². The number of hydrogen-bond acceptors (Lipinski definition) is 2. The predicted octanol–water partition coefficient (Wildman–Crippen LogP) is 3.47. The molecule has 122 valence electrons. The average molecular weight is 319 g/mol. The summed E-state index contributed by atoms with van der Waals surface area (Å²) in [6.07, 6.45) is 3.96. The highest BCUT2D eigenvalue weighted by Gasteiger charge is 2.15. The lowest BCUT2D eigenvalue weighted by molar-refractivity contribution is -0.121. The Morgan fingerprint density at radius 1 is 1.21 bits per heavy atom. The molecule has 0 spiro atoms. The van der Waals surface area contributed by atoms with Crippen molar-refractivity contribution >= 4 is 16.9 Å². The van der Waals surface area contributed by atoms with Gasteiger partial charge in [-0.1, -0.05) is 30.3 Å². The van der Waals surface area contributed by atoms with E-state index in [4.69, 9.17) is 0 Å². The van der Waals surface area contributed by atoms with E-state index in [0.717, 1.165) is 28.8 Å². The summed E-state index contributed by atoms with van der Waals surface area (Å²) in [7, 11) is 0. The molecule has 0 radical (unpaired) electrons. The average Bonchev–Trinajstić information content (AvgIpc) is 3.20. The summed E-state index contributed by atoms with van der Waals surface area (Å²) >= 11 is 0. The number of hydrogen-bond donors (Lipinski definition) is 2. The fourth-order valence-electron chi connectivity index (χ4n) is 3.46. The second-order valence-corrected chi connectivity index (χ2v) is 6.56. The Morgan fingerprint density at radius 3 is 2.92 bits per heavy atom. The Morgan fingerprint density at radius 2 is 2.04 bits per heavy atom. The zero-order chi connectivity index (χ0) is 16.5. The summed E-state index contributed by atoms with van der Waals surface area (Å²) in [4.78, 5) is 20.2. The van der Waals surface area contributed by atoms with Gasteiger partial charge in [0.05, 0.1) is 23.5 Å². The van der Waals surface area contributed by atoms with Gasteiger partial charge in [0.25, 0.3) is 0 Å². The predicted molar refractivity (Wildman–Crippen MR) is 94.8 cm³/mol. The number of carbonyl (C=O) groups is 1. The molecule has 4 rings (SSSR count). The van der Waals surface area contributed by atoms with E-state index in [1.165, 1.54) is 24.0 Å². The molecule has 0 bridgehead atoms. The molecule has 1 atom stereocenters. The minimum Gasteiger partial charge on any atom is -0.346 e. The zero-order valence-corrected chi connectivity index (χ0v) is 13.8. The standard InChI is InChI=1S/C20H21N3O/c1-13(20-22-17-7-2-3-8-18(17)23-20)21-19(24)12-14-9-10-15-5-4-6-16(15)11-14/h2-3,7-11,13H,4-6,12H2,1H3,(H,21,24)(H,22,23)/t13-/m1/s1. The fourth-order valence-corrected chi connectivity index (χ4v) is 3.46. The minimum absolute atomic E-state index is 0.0286. The van der Waals surface area contributed by atoms with Crippen LogP contribution in [0.15, 0.2) is 42.5 Å². The molecule has 1 aliphatic rings. The van der Waals surface area contributed by atoms with E-state index < -0.39 is 0 Å². The highest BCUT2D eigenvalue weighted by atomic mass is 16.1. The maximum Gasteiger partial charge on any atom is 0.224 e. The Kier molecular flexibility index (Phi) is 3.81. The van der Waals surface area contributed by atoms with Gasteiger partial charge in [-0.2, -0.15) is 0 Å². The van der Waals surface area contributed by atoms with Gasteiger partial charge in [-0.3, -0.25) is 4.79 Å². The van der Waals surface area contributed by atoms with Crippen LogP contribution in [0.3, 0.4) is 0 Å². The van der Waals surface area contributed by atoms with Gasteiger partial charge in [0.1, 0.15) is 5.82 Å². The first kappa shape index (κ1) is 14.9. The molecular formula is C20H21N3O. The molecule has 1 aromatic heterocycles. The number of aryl methyl sites for hydroxylation is 2. The lowest BCUT2D eigenvalue weighted by Crippen LogP contribution is -2.28. The Labute approximate surface area is 141 Å². The van der Waals surface area contributed by atoms with Crippen LogP contribution in [0.2, 0.25) is 0 Å². The number of aromatic nitrogens is 2. The van der Waals surface area contributed by atoms with Crippen LogP contribution >= 0.6 is 0 Å². The van der Waals surface area contributed by atoms with Crippen LogP contribution in [-0.4, -0.2) is 15.9 Å². The smallest absolute Gasteiger partial charge is 0.224 e. The van der Waals surface area contributed by atoms with Crippen molar-refractivity contribution in [3.8, 4) is 0 Å². The third kappa shape index (κ3) is 2.92. The number of para-hydroxylation sites is 2. The monoisotopic (exact) mass is 319 g/mol. The lowest BCUT2D eigenvalue weighted by Gasteiger charge is -2.12. The number of nitrogens with one attached hydrogen (secondary N) is 2. The Balaban J connectivity index is 1.43. The first-order chi connectivity index (χ1) is 11.7. The molecule has 1 amide bonds. The molecule has 4 heteroatoms. The molecule has 0 saturated heterocycles. The minimum atomic E-state index is -0.140. The van der Waals surface area contributed by atoms with E-state index in [2.05, 4.69) is 33.5 Å². The topological polar surface area (TPSA) is 57.8 Å². The van der Waals surface area contributed by atoms with Crippen LogP contribution in [0.4, 0.5) is 0 Å². The molecule has 0 unspecified atom stereocenters. The molecule has 0 aliphatic heterocycles. The largest absolute Gasteiger partial charge is 0.346 e. The summed E-state index contributed by atoms with van der Waals surface area (Å²) in [5.41, 5.74) is 5.85. The second-order valence-electron chi connectivity index (χ2n) is 6.56. The summed E-state index contributed by atoms with van der Waals surface area (Å²) in [6, 6.07) is 14.2. The Bertz CT molecular complexity index is 864. The molecule has 1 heterocycles. The highest BCUT2D eigenvalue weighted by Crippen LogP contribution is 2.23. The van der Waals surface area contributed by atoms with Crippen molar-refractivity contribution < 1.29 is 4.79 Å². The molecule has 2 N–H and O–H groups in total. The molecule has 0 fully saturated rings. The molecule has 0 saturated carbocycles. The van der Waals surface area contributed by atoms with Gasteiger partial charge in [0.2, 0.25) is 5.91 Å². The summed E-state index contributed by atoms with van der Waals surface area (Å²) in [5, 5.41) is 3.04. The summed E-state index contributed by atoms with van der Waals surface area (Å²) < 4.78 is 0. The van der Waals surface area contributed by atoms with Crippen molar-refractivity contribution in [3.05, 3.63) is 65.0 Å². The number of amides is 1. The quantitative estimate of drug-likeness (QED) is 0.773. The number of nitrogens with zero attached hydrogens (tertiary/aromatic N) is 1. The van der Waals surface area contributed by atoms with Gasteiger partial charge >= 0.3 is 0 Å². The third-order valence-corrected chi connectivity index (χ3v) is 4.72. The Hall–Kier alpha value is -2.62. The van der Waals surface area contributed by atoms with Crippen LogP contribution in [0, 0.1) is 0 Å². The number of H-pyrrole nitrogens is 1. The molecule has 24 heavy (non-hydrogen) atoms. The van der Waals surface area contributed by atoms with E-state index in [1.807, 2.05) is 31.2 Å². The van der Waals surface area contributed by atoms with E-state index in [-0.39, 0.29) is 11.9 Å². The normalized spacial score (nSPS) is 14.5. The highest BCUT2D eigenvalue weighted by molar-refractivity contribution is 5.79. The van der Waals surface area contributed by atoms with Crippen molar-refractivity contribution in [1.29, 1.82) is 0 Å². The summed E-state index contributed by atoms with van der Waals surface area (Å²) in [5.74, 6) is 0.819. The number of carbonyl (C=O) groups excluding carboxylic acids is 1. The second kappa shape index (κ2) is 6.11.